The zero-order valence-corrected chi connectivity index (χ0v) is 14.5. The highest BCUT2D eigenvalue weighted by atomic mass is 79.9. The van der Waals surface area contributed by atoms with Crippen LogP contribution in [0.15, 0.2) is 22.7 Å². The molecule has 0 unspecified atom stereocenters. The quantitative estimate of drug-likeness (QED) is 0.790. The van der Waals surface area contributed by atoms with Gasteiger partial charge in [0.1, 0.15) is 0 Å². The van der Waals surface area contributed by atoms with E-state index in [1.807, 2.05) is 0 Å². The monoisotopic (exact) mass is 338 g/mol. The summed E-state index contributed by atoms with van der Waals surface area (Å²) in [7, 11) is 2.21. The van der Waals surface area contributed by atoms with Crippen LogP contribution in [-0.2, 0) is 6.54 Å². The zero-order valence-electron chi connectivity index (χ0n) is 13.0. The highest BCUT2D eigenvalue weighted by Crippen LogP contribution is 2.30. The van der Waals surface area contributed by atoms with Crippen LogP contribution >= 0.6 is 15.9 Å². The predicted octanol–water partition coefficient (Wildman–Crippen LogP) is 4.43. The van der Waals surface area contributed by atoms with Gasteiger partial charge in [0, 0.05) is 30.3 Å². The summed E-state index contributed by atoms with van der Waals surface area (Å²) in [6.45, 7) is 7.67. The summed E-state index contributed by atoms with van der Waals surface area (Å²) >= 11 is 3.71. The number of rotatable bonds is 7. The van der Waals surface area contributed by atoms with Crippen molar-refractivity contribution < 1.29 is 0 Å². The van der Waals surface area contributed by atoms with E-state index < -0.39 is 0 Å². The Morgan fingerprint density at radius 1 is 1.35 bits per heavy atom. The molecule has 1 aliphatic rings. The van der Waals surface area contributed by atoms with Gasteiger partial charge in [-0.15, -0.1) is 0 Å². The van der Waals surface area contributed by atoms with Crippen molar-refractivity contribution in [2.45, 2.75) is 39.7 Å². The first kappa shape index (κ1) is 15.8. The van der Waals surface area contributed by atoms with E-state index >= 15 is 0 Å². The minimum atomic E-state index is 0.696. The topological polar surface area (TPSA) is 15.3 Å². The molecule has 0 bridgehead atoms. The normalized spacial score (nSPS) is 15.4. The molecule has 1 aliphatic carbocycles. The Balaban J connectivity index is 1.90. The zero-order chi connectivity index (χ0) is 14.5. The van der Waals surface area contributed by atoms with E-state index in [0.29, 0.717) is 5.92 Å². The largest absolute Gasteiger partial charge is 0.374 e. The molecular weight excluding hydrogens is 312 g/mol. The van der Waals surface area contributed by atoms with E-state index in [9.17, 15) is 0 Å². The molecule has 0 aliphatic heterocycles. The second-order valence-corrected chi connectivity index (χ2v) is 7.33. The predicted molar refractivity (Wildman–Crippen MR) is 91.3 cm³/mol. The molecule has 0 spiro atoms. The second kappa shape index (κ2) is 7.46. The molecule has 20 heavy (non-hydrogen) atoms. The second-order valence-electron chi connectivity index (χ2n) is 6.48. The minimum absolute atomic E-state index is 0.696. The Labute approximate surface area is 132 Å². The third-order valence-electron chi connectivity index (χ3n) is 4.10. The highest BCUT2D eigenvalue weighted by Gasteiger charge is 2.19. The lowest BCUT2D eigenvalue weighted by Crippen LogP contribution is -2.29. The highest BCUT2D eigenvalue weighted by molar-refractivity contribution is 9.10. The van der Waals surface area contributed by atoms with Crippen molar-refractivity contribution in [1.29, 1.82) is 0 Å². The first-order valence-electron chi connectivity index (χ1n) is 7.76. The first-order chi connectivity index (χ1) is 9.56. The summed E-state index contributed by atoms with van der Waals surface area (Å²) in [5.41, 5.74) is 2.66. The molecule has 2 rings (SSSR count). The van der Waals surface area contributed by atoms with Gasteiger partial charge in [-0.05, 0) is 48.9 Å². The summed E-state index contributed by atoms with van der Waals surface area (Å²) in [5.74, 6) is 1.60. The van der Waals surface area contributed by atoms with Gasteiger partial charge in [0.25, 0.3) is 0 Å². The van der Waals surface area contributed by atoms with E-state index in [4.69, 9.17) is 0 Å². The number of benzene rings is 1. The van der Waals surface area contributed by atoms with Crippen molar-refractivity contribution in [3.63, 3.8) is 0 Å². The molecule has 0 heterocycles. The molecule has 1 fully saturated rings. The lowest BCUT2D eigenvalue weighted by atomic mass is 9.85. The van der Waals surface area contributed by atoms with Crippen molar-refractivity contribution in [2.24, 2.45) is 11.8 Å². The third-order valence-corrected chi connectivity index (χ3v) is 4.84. The third kappa shape index (κ3) is 4.49. The molecule has 3 heteroatoms. The smallest absolute Gasteiger partial charge is 0.0375 e. The van der Waals surface area contributed by atoms with Crippen LogP contribution in [0.4, 0.5) is 5.69 Å². The van der Waals surface area contributed by atoms with E-state index in [2.05, 4.69) is 65.2 Å². The fourth-order valence-corrected chi connectivity index (χ4v) is 3.09. The molecule has 112 valence electrons. The van der Waals surface area contributed by atoms with Crippen LogP contribution in [0.1, 0.15) is 38.7 Å². The average Bonchev–Trinajstić information content (AvgIpc) is 2.35. The Morgan fingerprint density at radius 3 is 2.65 bits per heavy atom. The van der Waals surface area contributed by atoms with Crippen LogP contribution in [0.3, 0.4) is 0 Å². The van der Waals surface area contributed by atoms with Crippen molar-refractivity contribution >= 4 is 21.6 Å². The van der Waals surface area contributed by atoms with Gasteiger partial charge in [-0.1, -0.05) is 42.3 Å². The fraction of sp³-hybridized carbons (Fsp3) is 0.647. The van der Waals surface area contributed by atoms with Crippen LogP contribution in [-0.4, -0.2) is 20.1 Å². The first-order valence-corrected chi connectivity index (χ1v) is 8.56. The van der Waals surface area contributed by atoms with Gasteiger partial charge in [-0.3, -0.25) is 0 Å². The molecular formula is C17H27BrN2. The number of hydrogen-bond donors (Lipinski definition) is 1. The molecule has 0 atom stereocenters. The molecule has 0 amide bonds. The molecule has 0 aromatic heterocycles. The van der Waals surface area contributed by atoms with Gasteiger partial charge in [0.15, 0.2) is 0 Å². The van der Waals surface area contributed by atoms with Crippen LogP contribution in [0, 0.1) is 11.8 Å². The fourth-order valence-electron chi connectivity index (χ4n) is 2.58. The van der Waals surface area contributed by atoms with Gasteiger partial charge >= 0.3 is 0 Å². The van der Waals surface area contributed by atoms with Crippen LogP contribution in [0.2, 0.25) is 0 Å². The maximum atomic E-state index is 3.71. The summed E-state index contributed by atoms with van der Waals surface area (Å²) in [6, 6.07) is 6.74. The van der Waals surface area contributed by atoms with Gasteiger partial charge in [0.2, 0.25) is 0 Å². The number of nitrogens with one attached hydrogen (secondary N) is 1. The molecule has 0 radical (unpaired) electrons. The average molecular weight is 339 g/mol. The maximum absolute atomic E-state index is 3.71. The van der Waals surface area contributed by atoms with Crippen LogP contribution in [0.25, 0.3) is 0 Å². The Bertz CT molecular complexity index is 427. The Kier molecular flexibility index (Phi) is 5.91. The molecule has 1 saturated carbocycles. The SMILES string of the molecule is CC(C)CNCc1ccc(N(C)CC2CCC2)cc1Br. The van der Waals surface area contributed by atoms with Crippen molar-refractivity contribution in [1.82, 2.24) is 5.32 Å². The van der Waals surface area contributed by atoms with E-state index in [1.165, 1.54) is 41.5 Å². The summed E-state index contributed by atoms with van der Waals surface area (Å²) in [5, 5.41) is 3.50. The van der Waals surface area contributed by atoms with Gasteiger partial charge in [0.05, 0.1) is 0 Å². The molecule has 1 N–H and O–H groups in total. The van der Waals surface area contributed by atoms with Crippen LogP contribution in [0.5, 0.6) is 0 Å². The Morgan fingerprint density at radius 2 is 2.10 bits per heavy atom. The standard InChI is InChI=1S/C17H27BrN2/c1-13(2)10-19-11-15-7-8-16(9-17(15)18)20(3)12-14-5-4-6-14/h7-9,13-14,19H,4-6,10-12H2,1-3H3. The summed E-state index contributed by atoms with van der Waals surface area (Å²) < 4.78 is 1.21. The number of anilines is 1. The van der Waals surface area contributed by atoms with E-state index in [1.54, 1.807) is 0 Å². The van der Waals surface area contributed by atoms with E-state index in [0.717, 1.165) is 19.0 Å². The minimum Gasteiger partial charge on any atom is -0.374 e. The molecule has 2 nitrogen and oxygen atoms in total. The van der Waals surface area contributed by atoms with Crippen molar-refractivity contribution in [2.75, 3.05) is 25.0 Å². The van der Waals surface area contributed by atoms with Gasteiger partial charge in [-0.25, -0.2) is 0 Å². The molecule has 1 aromatic carbocycles. The lowest BCUT2D eigenvalue weighted by molar-refractivity contribution is 0.321. The number of halogens is 1. The summed E-state index contributed by atoms with van der Waals surface area (Å²) in [4.78, 5) is 2.39. The number of nitrogens with zero attached hydrogens (tertiary/aromatic N) is 1. The van der Waals surface area contributed by atoms with Crippen molar-refractivity contribution in [3.05, 3.63) is 28.2 Å². The number of hydrogen-bond acceptors (Lipinski definition) is 2. The summed E-state index contributed by atoms with van der Waals surface area (Å²) in [6.07, 6.45) is 4.23. The van der Waals surface area contributed by atoms with E-state index in [-0.39, 0.29) is 0 Å². The maximum Gasteiger partial charge on any atom is 0.0375 e. The molecule has 1 aromatic rings. The van der Waals surface area contributed by atoms with Gasteiger partial charge in [-0.2, -0.15) is 0 Å². The van der Waals surface area contributed by atoms with Gasteiger partial charge < -0.3 is 10.2 Å². The lowest BCUT2D eigenvalue weighted by Gasteiger charge is -2.31. The van der Waals surface area contributed by atoms with Crippen LogP contribution < -0.4 is 10.2 Å². The molecule has 0 saturated heterocycles. The van der Waals surface area contributed by atoms with Crippen molar-refractivity contribution in [3.8, 4) is 0 Å². The Hall–Kier alpha value is -0.540.